The lowest BCUT2D eigenvalue weighted by Gasteiger charge is -2.23. The fourth-order valence-corrected chi connectivity index (χ4v) is 2.14. The van der Waals surface area contributed by atoms with E-state index in [1.807, 2.05) is 0 Å². The zero-order valence-corrected chi connectivity index (χ0v) is 10.3. The average Bonchev–Trinajstić information content (AvgIpc) is 2.32. The molecule has 0 bridgehead atoms. The molecule has 0 spiro atoms. The Morgan fingerprint density at radius 3 is 3.00 bits per heavy atom. The molecule has 1 aliphatic heterocycles. The monoisotopic (exact) mass is 219 g/mol. The van der Waals surface area contributed by atoms with Gasteiger partial charge in [-0.25, -0.2) is 0 Å². The van der Waals surface area contributed by atoms with Gasteiger partial charge in [-0.3, -0.25) is 0 Å². The van der Waals surface area contributed by atoms with Crippen molar-refractivity contribution in [3.8, 4) is 5.75 Å². The number of nitrogens with one attached hydrogen (secondary N) is 1. The normalized spacial score (nSPS) is 20.8. The second kappa shape index (κ2) is 5.35. The molecule has 2 heteroatoms. The van der Waals surface area contributed by atoms with Crippen LogP contribution in [0.5, 0.6) is 5.75 Å². The molecular formula is C14H21NO. The van der Waals surface area contributed by atoms with E-state index in [1.54, 1.807) is 0 Å². The minimum atomic E-state index is 0.675. The molecule has 1 aromatic carbocycles. The van der Waals surface area contributed by atoms with Gasteiger partial charge in [0.15, 0.2) is 0 Å². The first-order valence-electron chi connectivity index (χ1n) is 6.16. The molecule has 1 heterocycles. The summed E-state index contributed by atoms with van der Waals surface area (Å²) in [5.74, 6) is 1.72. The Bertz CT molecular complexity index is 343. The Kier molecular flexibility index (Phi) is 3.83. The molecule has 1 N–H and O–H groups in total. The van der Waals surface area contributed by atoms with Crippen LogP contribution in [-0.4, -0.2) is 19.7 Å². The third-order valence-corrected chi connectivity index (χ3v) is 3.22. The fraction of sp³-hybridized carbons (Fsp3) is 0.571. The van der Waals surface area contributed by atoms with Gasteiger partial charge >= 0.3 is 0 Å². The molecule has 1 aromatic rings. The van der Waals surface area contributed by atoms with Gasteiger partial charge in [0.2, 0.25) is 0 Å². The van der Waals surface area contributed by atoms with Gasteiger partial charge in [-0.05, 0) is 50.4 Å². The summed E-state index contributed by atoms with van der Waals surface area (Å²) in [6.45, 7) is 7.32. The molecule has 0 unspecified atom stereocenters. The number of rotatable bonds is 3. The van der Waals surface area contributed by atoms with Crippen molar-refractivity contribution in [2.45, 2.75) is 26.7 Å². The second-order valence-corrected chi connectivity index (χ2v) is 4.79. The molecule has 16 heavy (non-hydrogen) atoms. The summed E-state index contributed by atoms with van der Waals surface area (Å²) in [5, 5.41) is 3.42. The van der Waals surface area contributed by atoms with E-state index >= 15 is 0 Å². The number of ether oxygens (including phenoxy) is 1. The van der Waals surface area contributed by atoms with Crippen LogP contribution in [0.4, 0.5) is 0 Å². The van der Waals surface area contributed by atoms with E-state index in [0.29, 0.717) is 5.92 Å². The summed E-state index contributed by atoms with van der Waals surface area (Å²) in [4.78, 5) is 0. The van der Waals surface area contributed by atoms with Gasteiger partial charge in [0.1, 0.15) is 5.75 Å². The first-order valence-corrected chi connectivity index (χ1v) is 6.16. The predicted molar refractivity (Wildman–Crippen MR) is 67.0 cm³/mol. The van der Waals surface area contributed by atoms with Crippen molar-refractivity contribution in [2.24, 2.45) is 5.92 Å². The highest BCUT2D eigenvalue weighted by Crippen LogP contribution is 2.20. The Morgan fingerprint density at radius 2 is 2.25 bits per heavy atom. The maximum atomic E-state index is 5.92. The van der Waals surface area contributed by atoms with E-state index in [1.165, 1.54) is 30.5 Å². The molecule has 1 saturated heterocycles. The maximum Gasteiger partial charge on any atom is 0.122 e. The zero-order chi connectivity index (χ0) is 11.4. The van der Waals surface area contributed by atoms with E-state index in [4.69, 9.17) is 4.74 Å². The second-order valence-electron chi connectivity index (χ2n) is 4.79. The lowest BCUT2D eigenvalue weighted by molar-refractivity contribution is 0.217. The van der Waals surface area contributed by atoms with Crippen molar-refractivity contribution in [3.05, 3.63) is 29.3 Å². The van der Waals surface area contributed by atoms with Gasteiger partial charge < -0.3 is 10.1 Å². The first kappa shape index (κ1) is 11.5. The van der Waals surface area contributed by atoms with Gasteiger partial charge in [-0.1, -0.05) is 12.1 Å². The van der Waals surface area contributed by atoms with Crippen molar-refractivity contribution in [2.75, 3.05) is 19.7 Å². The van der Waals surface area contributed by atoms with Crippen LogP contribution in [0.25, 0.3) is 0 Å². The smallest absolute Gasteiger partial charge is 0.122 e. The quantitative estimate of drug-likeness (QED) is 0.844. The van der Waals surface area contributed by atoms with Crippen LogP contribution in [0.2, 0.25) is 0 Å². The molecule has 0 aromatic heterocycles. The Hall–Kier alpha value is -1.02. The van der Waals surface area contributed by atoms with Gasteiger partial charge in [0.25, 0.3) is 0 Å². The fourth-order valence-electron chi connectivity index (χ4n) is 2.14. The molecule has 1 fully saturated rings. The van der Waals surface area contributed by atoms with E-state index in [0.717, 1.165) is 18.9 Å². The third kappa shape index (κ3) is 2.99. The number of hydrogen-bond acceptors (Lipinski definition) is 2. The van der Waals surface area contributed by atoms with Crippen LogP contribution in [0.3, 0.4) is 0 Å². The van der Waals surface area contributed by atoms with Gasteiger partial charge in [0, 0.05) is 12.5 Å². The molecule has 2 rings (SSSR count). The molecule has 1 aliphatic rings. The summed E-state index contributed by atoms with van der Waals surface area (Å²) in [5.41, 5.74) is 2.50. The predicted octanol–water partition coefficient (Wildman–Crippen LogP) is 2.68. The zero-order valence-electron chi connectivity index (χ0n) is 10.3. The minimum absolute atomic E-state index is 0.675. The number of piperidine rings is 1. The Labute approximate surface area is 98.0 Å². The van der Waals surface area contributed by atoms with E-state index < -0.39 is 0 Å². The van der Waals surface area contributed by atoms with E-state index in [9.17, 15) is 0 Å². The number of aryl methyl sites for hydroxylation is 2. The van der Waals surface area contributed by atoms with Crippen molar-refractivity contribution in [3.63, 3.8) is 0 Å². The lowest BCUT2D eigenvalue weighted by Crippen LogP contribution is -2.33. The van der Waals surface area contributed by atoms with Crippen molar-refractivity contribution in [1.29, 1.82) is 0 Å². The SMILES string of the molecule is Cc1ccc(C)c(OC[C@@H]2CCCNC2)c1. The molecule has 2 nitrogen and oxygen atoms in total. The van der Waals surface area contributed by atoms with Crippen molar-refractivity contribution >= 4 is 0 Å². The summed E-state index contributed by atoms with van der Waals surface area (Å²) in [6.07, 6.45) is 2.57. The highest BCUT2D eigenvalue weighted by Gasteiger charge is 2.13. The number of benzene rings is 1. The highest BCUT2D eigenvalue weighted by molar-refractivity contribution is 5.35. The van der Waals surface area contributed by atoms with Crippen LogP contribution in [0.15, 0.2) is 18.2 Å². The van der Waals surface area contributed by atoms with Gasteiger partial charge in [-0.15, -0.1) is 0 Å². The number of hydrogen-bond donors (Lipinski definition) is 1. The van der Waals surface area contributed by atoms with Crippen LogP contribution < -0.4 is 10.1 Å². The Balaban J connectivity index is 1.90. The Morgan fingerprint density at radius 1 is 1.38 bits per heavy atom. The van der Waals surface area contributed by atoms with Gasteiger partial charge in [0.05, 0.1) is 6.61 Å². The largest absolute Gasteiger partial charge is 0.493 e. The minimum Gasteiger partial charge on any atom is -0.493 e. The maximum absolute atomic E-state index is 5.92. The standard InChI is InChI=1S/C14H21NO/c1-11-5-6-12(2)14(8-11)16-10-13-4-3-7-15-9-13/h5-6,8,13,15H,3-4,7,9-10H2,1-2H3/t13-/m1/s1. The summed E-state index contributed by atoms with van der Waals surface area (Å²) < 4.78 is 5.92. The average molecular weight is 219 g/mol. The van der Waals surface area contributed by atoms with Gasteiger partial charge in [-0.2, -0.15) is 0 Å². The molecular weight excluding hydrogens is 198 g/mol. The van der Waals surface area contributed by atoms with Crippen LogP contribution >= 0.6 is 0 Å². The van der Waals surface area contributed by atoms with Crippen LogP contribution in [0, 0.1) is 19.8 Å². The molecule has 0 saturated carbocycles. The summed E-state index contributed by atoms with van der Waals surface area (Å²) >= 11 is 0. The van der Waals surface area contributed by atoms with Crippen LogP contribution in [-0.2, 0) is 0 Å². The molecule has 0 radical (unpaired) electrons. The first-order chi connectivity index (χ1) is 7.75. The highest BCUT2D eigenvalue weighted by atomic mass is 16.5. The summed E-state index contributed by atoms with van der Waals surface area (Å²) in [6, 6.07) is 6.39. The molecule has 0 amide bonds. The van der Waals surface area contributed by atoms with E-state index in [2.05, 4.69) is 37.4 Å². The third-order valence-electron chi connectivity index (χ3n) is 3.22. The molecule has 1 atom stereocenters. The molecule has 88 valence electrons. The van der Waals surface area contributed by atoms with E-state index in [-0.39, 0.29) is 0 Å². The van der Waals surface area contributed by atoms with Crippen molar-refractivity contribution < 1.29 is 4.74 Å². The summed E-state index contributed by atoms with van der Waals surface area (Å²) in [7, 11) is 0. The molecule has 0 aliphatic carbocycles. The van der Waals surface area contributed by atoms with Crippen LogP contribution in [0.1, 0.15) is 24.0 Å². The lowest BCUT2D eigenvalue weighted by atomic mass is 10.0. The topological polar surface area (TPSA) is 21.3 Å². The van der Waals surface area contributed by atoms with Crippen molar-refractivity contribution in [1.82, 2.24) is 5.32 Å².